The number of rotatable bonds is 1. The molecule has 4 rings (SSSR count). The highest BCUT2D eigenvalue weighted by atomic mass is 35.5. The molecule has 4 heteroatoms. The lowest BCUT2D eigenvalue weighted by Crippen LogP contribution is -2.36. The first-order valence-electron chi connectivity index (χ1n) is 7.66. The summed E-state index contributed by atoms with van der Waals surface area (Å²) in [6, 6.07) is 14.7. The number of hydrogen-bond donors (Lipinski definition) is 1. The Hall–Kier alpha value is -1.22. The number of fused-ring (bicyclic) bond motifs is 3. The van der Waals surface area contributed by atoms with Gasteiger partial charge in [0.05, 0.1) is 22.2 Å². The van der Waals surface area contributed by atoms with Crippen LogP contribution in [0.25, 0.3) is 0 Å². The Kier molecular flexibility index (Phi) is 3.77. The normalized spacial score (nSPS) is 26.7. The van der Waals surface area contributed by atoms with E-state index in [2.05, 4.69) is 29.6 Å². The first kappa shape index (κ1) is 14.4. The van der Waals surface area contributed by atoms with Gasteiger partial charge in [-0.15, -0.1) is 0 Å². The van der Waals surface area contributed by atoms with E-state index in [9.17, 15) is 0 Å². The summed E-state index contributed by atoms with van der Waals surface area (Å²) in [5, 5.41) is 4.83. The van der Waals surface area contributed by atoms with E-state index in [0.29, 0.717) is 16.0 Å². The number of nitrogens with one attached hydrogen (secondary N) is 1. The molecular formula is C18H17Cl2NO. The smallest absolute Gasteiger partial charge is 0.0896 e. The molecule has 2 aliphatic rings. The van der Waals surface area contributed by atoms with Crippen LogP contribution in [-0.2, 0) is 4.74 Å². The summed E-state index contributed by atoms with van der Waals surface area (Å²) in [6.07, 6.45) is 2.34. The van der Waals surface area contributed by atoms with Crippen molar-refractivity contribution >= 4 is 28.9 Å². The van der Waals surface area contributed by atoms with Crippen LogP contribution in [0, 0.1) is 5.92 Å². The van der Waals surface area contributed by atoms with Gasteiger partial charge in [0.25, 0.3) is 0 Å². The third-order valence-corrected chi connectivity index (χ3v) is 5.39. The van der Waals surface area contributed by atoms with Crippen LogP contribution in [0.3, 0.4) is 0 Å². The fourth-order valence-electron chi connectivity index (χ4n) is 3.65. The molecule has 114 valence electrons. The maximum absolute atomic E-state index is 6.21. The molecule has 0 bridgehead atoms. The Morgan fingerprint density at radius 3 is 2.64 bits per heavy atom. The van der Waals surface area contributed by atoms with Crippen LogP contribution in [0.15, 0.2) is 42.5 Å². The molecule has 2 aliphatic heterocycles. The van der Waals surface area contributed by atoms with Crippen LogP contribution in [0.4, 0.5) is 5.69 Å². The zero-order valence-electron chi connectivity index (χ0n) is 12.1. The second kappa shape index (κ2) is 5.77. The van der Waals surface area contributed by atoms with Crippen LogP contribution in [0.2, 0.25) is 10.0 Å². The van der Waals surface area contributed by atoms with Crippen molar-refractivity contribution < 1.29 is 4.74 Å². The monoisotopic (exact) mass is 333 g/mol. The summed E-state index contributed by atoms with van der Waals surface area (Å²) in [6.45, 7) is 0.808. The van der Waals surface area contributed by atoms with Gasteiger partial charge in [0.1, 0.15) is 0 Å². The van der Waals surface area contributed by atoms with Gasteiger partial charge in [-0.25, -0.2) is 0 Å². The third kappa shape index (κ3) is 2.40. The van der Waals surface area contributed by atoms with Gasteiger partial charge in [-0.1, -0.05) is 53.5 Å². The van der Waals surface area contributed by atoms with E-state index in [1.54, 1.807) is 0 Å². The maximum Gasteiger partial charge on any atom is 0.0896 e. The van der Waals surface area contributed by atoms with Crippen molar-refractivity contribution in [3.63, 3.8) is 0 Å². The molecule has 2 aromatic carbocycles. The molecule has 0 radical (unpaired) electrons. The van der Waals surface area contributed by atoms with Crippen molar-refractivity contribution in [1.29, 1.82) is 0 Å². The van der Waals surface area contributed by atoms with E-state index in [-0.39, 0.29) is 12.1 Å². The zero-order valence-corrected chi connectivity index (χ0v) is 13.6. The number of halogens is 2. The molecule has 0 aliphatic carbocycles. The summed E-state index contributed by atoms with van der Waals surface area (Å²) in [5.74, 6) is 0.417. The molecule has 0 saturated carbocycles. The molecule has 0 amide bonds. The second-order valence-electron chi connectivity index (χ2n) is 5.98. The van der Waals surface area contributed by atoms with Crippen LogP contribution in [0.1, 0.15) is 36.1 Å². The lowest BCUT2D eigenvalue weighted by atomic mass is 9.77. The third-order valence-electron chi connectivity index (χ3n) is 4.66. The Balaban J connectivity index is 1.81. The van der Waals surface area contributed by atoms with E-state index in [0.717, 1.165) is 30.7 Å². The molecule has 2 nitrogen and oxygen atoms in total. The molecule has 22 heavy (non-hydrogen) atoms. The largest absolute Gasteiger partial charge is 0.377 e. The van der Waals surface area contributed by atoms with Crippen LogP contribution in [0.5, 0.6) is 0 Å². The minimum atomic E-state index is 0.0879. The summed E-state index contributed by atoms with van der Waals surface area (Å²) >= 11 is 12.4. The van der Waals surface area contributed by atoms with E-state index in [1.165, 1.54) is 5.56 Å². The van der Waals surface area contributed by atoms with Crippen molar-refractivity contribution in [2.75, 3.05) is 11.9 Å². The lowest BCUT2D eigenvalue weighted by molar-refractivity contribution is -0.0381. The Morgan fingerprint density at radius 1 is 1.05 bits per heavy atom. The highest BCUT2D eigenvalue weighted by molar-refractivity contribution is 6.42. The van der Waals surface area contributed by atoms with E-state index in [4.69, 9.17) is 27.9 Å². The summed E-state index contributed by atoms with van der Waals surface area (Å²) < 4.78 is 6.11. The van der Waals surface area contributed by atoms with Crippen molar-refractivity contribution in [3.8, 4) is 0 Å². The Labute approximate surface area is 140 Å². The molecule has 3 atom stereocenters. The Bertz CT molecular complexity index is 689. The number of benzene rings is 2. The average Bonchev–Trinajstić information content (AvgIpc) is 2.56. The minimum absolute atomic E-state index is 0.0879. The van der Waals surface area contributed by atoms with E-state index >= 15 is 0 Å². The second-order valence-corrected chi connectivity index (χ2v) is 6.80. The fourth-order valence-corrected chi connectivity index (χ4v) is 3.99. The van der Waals surface area contributed by atoms with E-state index in [1.807, 2.05) is 18.2 Å². The summed E-state index contributed by atoms with van der Waals surface area (Å²) in [7, 11) is 0. The highest BCUT2D eigenvalue weighted by Gasteiger charge is 2.40. The molecule has 2 heterocycles. The molecule has 1 saturated heterocycles. The van der Waals surface area contributed by atoms with Crippen molar-refractivity contribution in [2.24, 2.45) is 5.92 Å². The number of ether oxygens (including phenoxy) is 1. The lowest BCUT2D eigenvalue weighted by Gasteiger charge is -2.43. The first-order valence-corrected chi connectivity index (χ1v) is 8.41. The predicted molar refractivity (Wildman–Crippen MR) is 90.7 cm³/mol. The molecule has 0 spiro atoms. The quantitative estimate of drug-likeness (QED) is 0.730. The summed E-state index contributed by atoms with van der Waals surface area (Å²) in [4.78, 5) is 0. The number of anilines is 1. The predicted octanol–water partition coefficient (Wildman–Crippen LogP) is 5.63. The molecule has 2 aromatic rings. The fraction of sp³-hybridized carbons (Fsp3) is 0.333. The topological polar surface area (TPSA) is 21.3 Å². The minimum Gasteiger partial charge on any atom is -0.377 e. The molecular weight excluding hydrogens is 317 g/mol. The SMILES string of the molecule is Clc1cc2c(cc1Cl)[C@H]1OCCC[C@H]1[C@H](c1ccccc1)N2. The van der Waals surface area contributed by atoms with Crippen LogP contribution < -0.4 is 5.32 Å². The van der Waals surface area contributed by atoms with Gasteiger partial charge in [0.15, 0.2) is 0 Å². The van der Waals surface area contributed by atoms with Gasteiger partial charge >= 0.3 is 0 Å². The maximum atomic E-state index is 6.21. The zero-order chi connectivity index (χ0) is 15.1. The standard InChI is InChI=1S/C18H17Cl2NO/c19-14-9-13-16(10-15(14)20)21-17(11-5-2-1-3-6-11)12-7-4-8-22-18(12)13/h1-3,5-6,9-10,12,17-18,21H,4,7-8H2/t12-,17-,18-/m0/s1. The summed E-state index contributed by atoms with van der Waals surface area (Å²) in [5.41, 5.74) is 3.46. The molecule has 1 N–H and O–H groups in total. The van der Waals surface area contributed by atoms with Crippen LogP contribution in [-0.4, -0.2) is 6.61 Å². The number of hydrogen-bond acceptors (Lipinski definition) is 2. The van der Waals surface area contributed by atoms with Gasteiger partial charge in [0.2, 0.25) is 0 Å². The Morgan fingerprint density at radius 2 is 1.82 bits per heavy atom. The van der Waals surface area contributed by atoms with Crippen molar-refractivity contribution in [2.45, 2.75) is 25.0 Å². The van der Waals surface area contributed by atoms with Crippen molar-refractivity contribution in [1.82, 2.24) is 0 Å². The average molecular weight is 334 g/mol. The highest BCUT2D eigenvalue weighted by Crippen LogP contribution is 2.50. The first-order chi connectivity index (χ1) is 10.7. The molecule has 0 aromatic heterocycles. The van der Waals surface area contributed by atoms with Gasteiger partial charge in [-0.2, -0.15) is 0 Å². The van der Waals surface area contributed by atoms with Crippen molar-refractivity contribution in [3.05, 3.63) is 63.6 Å². The van der Waals surface area contributed by atoms with Gasteiger partial charge < -0.3 is 10.1 Å². The van der Waals surface area contributed by atoms with Gasteiger partial charge in [0, 0.05) is 23.8 Å². The van der Waals surface area contributed by atoms with Gasteiger partial charge in [-0.05, 0) is 30.5 Å². The van der Waals surface area contributed by atoms with Gasteiger partial charge in [-0.3, -0.25) is 0 Å². The van der Waals surface area contributed by atoms with Crippen LogP contribution >= 0.6 is 23.2 Å². The molecule has 1 fully saturated rings. The molecule has 0 unspecified atom stereocenters. The van der Waals surface area contributed by atoms with E-state index < -0.39 is 0 Å².